The van der Waals surface area contributed by atoms with Crippen molar-refractivity contribution < 1.29 is 5.11 Å². The van der Waals surface area contributed by atoms with Gasteiger partial charge in [0.2, 0.25) is 0 Å². The zero-order valence-corrected chi connectivity index (χ0v) is 10.4. The third-order valence-electron chi connectivity index (χ3n) is 2.90. The van der Waals surface area contributed by atoms with Gasteiger partial charge in [-0.05, 0) is 36.8 Å². The highest BCUT2D eigenvalue weighted by atomic mass is 16.3. The molecule has 1 N–H and O–H groups in total. The molecule has 0 saturated carbocycles. The topological polar surface area (TPSA) is 46.0 Å². The summed E-state index contributed by atoms with van der Waals surface area (Å²) < 4.78 is 0. The van der Waals surface area contributed by atoms with Gasteiger partial charge in [0.25, 0.3) is 0 Å². The first kappa shape index (κ1) is 13.1. The second kappa shape index (κ2) is 7.34. The van der Waals surface area contributed by atoms with Crippen LogP contribution in [0.15, 0.2) is 6.20 Å². The first-order valence-electron chi connectivity index (χ1n) is 6.35. The van der Waals surface area contributed by atoms with Crippen LogP contribution in [-0.2, 0) is 19.4 Å². The van der Waals surface area contributed by atoms with Crippen molar-refractivity contribution in [3.05, 3.63) is 23.0 Å². The molecule has 1 aromatic heterocycles. The zero-order chi connectivity index (χ0) is 11.8. The maximum atomic E-state index is 9.15. The Bertz CT molecular complexity index is 313. The highest BCUT2D eigenvalue weighted by molar-refractivity contribution is 5.28. The van der Waals surface area contributed by atoms with E-state index in [0.29, 0.717) is 0 Å². The number of aliphatic hydroxyl groups excluding tert-OH is 1. The summed E-state index contributed by atoms with van der Waals surface area (Å²) in [6.45, 7) is 4.02. The van der Waals surface area contributed by atoms with E-state index in [2.05, 4.69) is 10.2 Å². The van der Waals surface area contributed by atoms with Gasteiger partial charge < -0.3 is 5.11 Å². The molecule has 3 heteroatoms. The largest absolute Gasteiger partial charge is 0.390 e. The Morgan fingerprint density at radius 2 is 1.81 bits per heavy atom. The van der Waals surface area contributed by atoms with Crippen LogP contribution in [0, 0.1) is 0 Å². The predicted molar refractivity (Wildman–Crippen MR) is 65.2 cm³/mol. The number of hydrogen-bond donors (Lipinski definition) is 1. The van der Waals surface area contributed by atoms with Gasteiger partial charge in [-0.2, -0.15) is 10.2 Å². The van der Waals surface area contributed by atoms with Crippen molar-refractivity contribution in [2.45, 2.75) is 59.0 Å². The molecule has 0 radical (unpaired) electrons. The van der Waals surface area contributed by atoms with E-state index in [1.54, 1.807) is 0 Å². The highest BCUT2D eigenvalue weighted by Crippen LogP contribution is 2.21. The number of rotatable bonds is 1. The van der Waals surface area contributed by atoms with Crippen molar-refractivity contribution in [2.75, 3.05) is 0 Å². The van der Waals surface area contributed by atoms with Crippen LogP contribution in [0.25, 0.3) is 0 Å². The number of nitrogens with zero attached hydrogens (tertiary/aromatic N) is 2. The zero-order valence-electron chi connectivity index (χ0n) is 10.4. The summed E-state index contributed by atoms with van der Waals surface area (Å²) in [5.74, 6) is 0. The van der Waals surface area contributed by atoms with Crippen molar-refractivity contribution in [1.82, 2.24) is 10.2 Å². The Morgan fingerprint density at radius 3 is 2.50 bits per heavy atom. The minimum Gasteiger partial charge on any atom is -0.390 e. The molecule has 2 rings (SSSR count). The van der Waals surface area contributed by atoms with Crippen molar-refractivity contribution in [1.29, 1.82) is 0 Å². The third kappa shape index (κ3) is 3.27. The molecule has 3 nitrogen and oxygen atoms in total. The van der Waals surface area contributed by atoms with Gasteiger partial charge in [0, 0.05) is 0 Å². The number of fused-ring (bicyclic) bond motifs is 1. The Kier molecular flexibility index (Phi) is 6.01. The van der Waals surface area contributed by atoms with Crippen molar-refractivity contribution in [3.63, 3.8) is 0 Å². The summed E-state index contributed by atoms with van der Waals surface area (Å²) in [5, 5.41) is 17.1. The summed E-state index contributed by atoms with van der Waals surface area (Å²) >= 11 is 0. The van der Waals surface area contributed by atoms with Crippen molar-refractivity contribution in [2.24, 2.45) is 0 Å². The first-order valence-corrected chi connectivity index (χ1v) is 6.35. The maximum absolute atomic E-state index is 9.15. The average Bonchev–Trinajstić information content (AvgIpc) is 2.32. The highest BCUT2D eigenvalue weighted by Gasteiger charge is 2.11. The predicted octanol–water partition coefficient (Wildman–Crippen LogP) is 2.65. The summed E-state index contributed by atoms with van der Waals surface area (Å²) in [4.78, 5) is 0. The van der Waals surface area contributed by atoms with Crippen molar-refractivity contribution in [3.8, 4) is 0 Å². The van der Waals surface area contributed by atoms with E-state index in [1.165, 1.54) is 36.8 Å². The number of aliphatic hydroxyl groups is 1. The van der Waals surface area contributed by atoms with Gasteiger partial charge in [0.05, 0.1) is 18.5 Å². The molecule has 1 aliphatic carbocycles. The van der Waals surface area contributed by atoms with Crippen LogP contribution >= 0.6 is 0 Å². The van der Waals surface area contributed by atoms with Crippen LogP contribution in [0.3, 0.4) is 0 Å². The monoisotopic (exact) mass is 222 g/mol. The number of aryl methyl sites for hydroxylation is 1. The van der Waals surface area contributed by atoms with Crippen LogP contribution in [0.1, 0.15) is 56.4 Å². The van der Waals surface area contributed by atoms with E-state index < -0.39 is 0 Å². The molecule has 1 aliphatic rings. The van der Waals surface area contributed by atoms with Gasteiger partial charge >= 0.3 is 0 Å². The molecule has 0 aromatic carbocycles. The van der Waals surface area contributed by atoms with Gasteiger partial charge in [-0.3, -0.25) is 0 Å². The molecule has 0 bridgehead atoms. The van der Waals surface area contributed by atoms with E-state index in [1.807, 2.05) is 20.0 Å². The second-order valence-corrected chi connectivity index (χ2v) is 3.87. The van der Waals surface area contributed by atoms with Gasteiger partial charge in [-0.15, -0.1) is 0 Å². The van der Waals surface area contributed by atoms with Crippen LogP contribution in [0.5, 0.6) is 0 Å². The summed E-state index contributed by atoms with van der Waals surface area (Å²) in [5.41, 5.74) is 3.33. The molecule has 1 heterocycles. The van der Waals surface area contributed by atoms with E-state index in [-0.39, 0.29) is 6.61 Å². The molecule has 0 spiro atoms. The van der Waals surface area contributed by atoms with Crippen LogP contribution in [0.2, 0.25) is 0 Å². The molecular weight excluding hydrogens is 200 g/mol. The Morgan fingerprint density at radius 1 is 1.12 bits per heavy atom. The van der Waals surface area contributed by atoms with E-state index in [9.17, 15) is 0 Å². The minimum atomic E-state index is 0.0240. The average molecular weight is 222 g/mol. The molecule has 0 fully saturated rings. The van der Waals surface area contributed by atoms with Gasteiger partial charge in [0.1, 0.15) is 0 Å². The lowest BCUT2D eigenvalue weighted by Crippen LogP contribution is -2.07. The van der Waals surface area contributed by atoms with E-state index >= 15 is 0 Å². The Labute approximate surface area is 97.9 Å². The SMILES string of the molecule is CC.OCc1nncc2c1CCCCCC2. The quantitative estimate of drug-likeness (QED) is 0.794. The smallest absolute Gasteiger partial charge is 0.0919 e. The minimum absolute atomic E-state index is 0.0240. The normalized spacial score (nSPS) is 15.2. The fourth-order valence-electron chi connectivity index (χ4n) is 2.11. The molecule has 0 atom stereocenters. The molecule has 16 heavy (non-hydrogen) atoms. The Hall–Kier alpha value is -0.960. The van der Waals surface area contributed by atoms with Crippen LogP contribution in [-0.4, -0.2) is 15.3 Å². The van der Waals surface area contributed by atoms with E-state index in [4.69, 9.17) is 5.11 Å². The summed E-state index contributed by atoms with van der Waals surface area (Å²) in [6.07, 6.45) is 9.08. The van der Waals surface area contributed by atoms with Gasteiger partial charge in [0.15, 0.2) is 0 Å². The first-order chi connectivity index (χ1) is 7.92. The molecular formula is C13H22N2O. The lowest BCUT2D eigenvalue weighted by atomic mass is 9.94. The lowest BCUT2D eigenvalue weighted by Gasteiger charge is -2.14. The fourth-order valence-corrected chi connectivity index (χ4v) is 2.11. The van der Waals surface area contributed by atoms with Gasteiger partial charge in [-0.1, -0.05) is 26.7 Å². The molecule has 1 aromatic rings. The second-order valence-electron chi connectivity index (χ2n) is 3.87. The summed E-state index contributed by atoms with van der Waals surface area (Å²) in [7, 11) is 0. The number of hydrogen-bond acceptors (Lipinski definition) is 3. The van der Waals surface area contributed by atoms with Crippen LogP contribution in [0.4, 0.5) is 0 Å². The fraction of sp³-hybridized carbons (Fsp3) is 0.692. The number of aromatic nitrogens is 2. The standard InChI is InChI=1S/C11H16N2O.C2H6/c14-8-11-10-6-4-2-1-3-5-9(10)7-12-13-11;1-2/h7,14H,1-6,8H2;1-2H3. The molecule has 0 saturated heterocycles. The molecule has 0 aliphatic heterocycles. The van der Waals surface area contributed by atoms with Gasteiger partial charge in [-0.25, -0.2) is 0 Å². The van der Waals surface area contributed by atoms with E-state index in [0.717, 1.165) is 18.5 Å². The maximum Gasteiger partial charge on any atom is 0.0919 e. The van der Waals surface area contributed by atoms with Crippen LogP contribution < -0.4 is 0 Å². The molecule has 90 valence electrons. The summed E-state index contributed by atoms with van der Waals surface area (Å²) in [6, 6.07) is 0. The lowest BCUT2D eigenvalue weighted by molar-refractivity contribution is 0.273. The molecule has 0 amide bonds. The Balaban J connectivity index is 0.000000606. The third-order valence-corrected chi connectivity index (χ3v) is 2.90. The molecule has 0 unspecified atom stereocenters. The van der Waals surface area contributed by atoms with Crippen molar-refractivity contribution >= 4 is 0 Å².